The first-order valence-electron chi connectivity index (χ1n) is 5.20. The third-order valence-corrected chi connectivity index (χ3v) is 2.27. The highest BCUT2D eigenvalue weighted by molar-refractivity contribution is 5.10. The Labute approximate surface area is 88.5 Å². The quantitative estimate of drug-likeness (QED) is 0.682. The van der Waals surface area contributed by atoms with Gasteiger partial charge in [-0.25, -0.2) is 0 Å². The van der Waals surface area contributed by atoms with Gasteiger partial charge in [-0.15, -0.1) is 0 Å². The van der Waals surface area contributed by atoms with Gasteiger partial charge in [-0.3, -0.25) is 0 Å². The van der Waals surface area contributed by atoms with Gasteiger partial charge in [-0.1, -0.05) is 44.6 Å². The van der Waals surface area contributed by atoms with Crippen LogP contribution in [0, 0.1) is 5.41 Å². The van der Waals surface area contributed by atoms with Crippen LogP contribution in [0.25, 0.3) is 0 Å². The van der Waals surface area contributed by atoms with Crippen molar-refractivity contribution in [2.45, 2.75) is 53.6 Å². The first kappa shape index (κ1) is 13.4. The smallest absolute Gasteiger partial charge is 0.0771 e. The number of hydrogen-bond acceptors (Lipinski definition) is 1. The second-order valence-corrected chi connectivity index (χ2v) is 5.43. The molecule has 0 bridgehead atoms. The van der Waals surface area contributed by atoms with Gasteiger partial charge in [0, 0.05) is 0 Å². The molecule has 0 atom stereocenters. The Morgan fingerprint density at radius 2 is 1.64 bits per heavy atom. The lowest BCUT2D eigenvalue weighted by Crippen LogP contribution is -2.13. The summed E-state index contributed by atoms with van der Waals surface area (Å²) in [5.74, 6) is 0. The summed E-state index contributed by atoms with van der Waals surface area (Å²) < 4.78 is 0. The largest absolute Gasteiger partial charge is 0.386 e. The maximum absolute atomic E-state index is 9.44. The van der Waals surface area contributed by atoms with Crippen molar-refractivity contribution in [3.8, 4) is 0 Å². The average molecular weight is 196 g/mol. The summed E-state index contributed by atoms with van der Waals surface area (Å²) in [4.78, 5) is 0. The van der Waals surface area contributed by atoms with E-state index in [1.807, 2.05) is 12.2 Å². The van der Waals surface area contributed by atoms with Crippen molar-refractivity contribution in [2.75, 3.05) is 0 Å². The highest BCUT2D eigenvalue weighted by Gasteiger charge is 2.11. The van der Waals surface area contributed by atoms with E-state index in [0.29, 0.717) is 0 Å². The van der Waals surface area contributed by atoms with Crippen LogP contribution < -0.4 is 0 Å². The van der Waals surface area contributed by atoms with Crippen LogP contribution in [0.5, 0.6) is 0 Å². The Balaban J connectivity index is 4.14. The molecule has 0 spiro atoms. The molecule has 0 aromatic carbocycles. The van der Waals surface area contributed by atoms with Crippen LogP contribution in [0.15, 0.2) is 23.8 Å². The molecule has 0 saturated carbocycles. The Bertz CT molecular complexity index is 221. The second kappa shape index (κ2) is 4.79. The molecular weight excluding hydrogens is 172 g/mol. The minimum atomic E-state index is -0.691. The predicted molar refractivity (Wildman–Crippen MR) is 63.3 cm³/mol. The van der Waals surface area contributed by atoms with Crippen LogP contribution in [0.4, 0.5) is 0 Å². The topological polar surface area (TPSA) is 20.2 Å². The molecule has 1 nitrogen and oxygen atoms in total. The number of aliphatic hydroxyl groups is 1. The van der Waals surface area contributed by atoms with E-state index >= 15 is 0 Å². The average Bonchev–Trinajstić information content (AvgIpc) is 1.93. The summed E-state index contributed by atoms with van der Waals surface area (Å²) in [6, 6.07) is 0. The number of hydrogen-bond donors (Lipinski definition) is 1. The molecule has 0 aliphatic rings. The maximum atomic E-state index is 9.44. The van der Waals surface area contributed by atoms with Gasteiger partial charge in [0.1, 0.15) is 0 Å². The first-order chi connectivity index (χ1) is 6.13. The lowest BCUT2D eigenvalue weighted by atomic mass is 9.87. The summed E-state index contributed by atoms with van der Waals surface area (Å²) in [7, 11) is 0. The van der Waals surface area contributed by atoms with E-state index in [1.54, 1.807) is 13.8 Å². The molecule has 0 aliphatic carbocycles. The summed E-state index contributed by atoms with van der Waals surface area (Å²) in [5.41, 5.74) is 0.948. The molecule has 1 N–H and O–H groups in total. The molecule has 0 heterocycles. The zero-order valence-corrected chi connectivity index (χ0v) is 10.4. The molecule has 0 rings (SSSR count). The Kier molecular flexibility index (Phi) is 4.60. The van der Waals surface area contributed by atoms with Crippen molar-refractivity contribution in [2.24, 2.45) is 5.41 Å². The van der Waals surface area contributed by atoms with Crippen molar-refractivity contribution in [1.29, 1.82) is 0 Å². The Morgan fingerprint density at radius 3 is 2.00 bits per heavy atom. The molecule has 0 aromatic rings. The fraction of sp³-hybridized carbons (Fsp3) is 0.692. The highest BCUT2D eigenvalue weighted by atomic mass is 16.3. The highest BCUT2D eigenvalue weighted by Crippen LogP contribution is 2.24. The minimum Gasteiger partial charge on any atom is -0.386 e. The van der Waals surface area contributed by atoms with Crippen molar-refractivity contribution in [3.05, 3.63) is 23.8 Å². The standard InChI is InChI=1S/C13H24O/c1-11(12(2,3)4)9-7-8-10-13(5,6)14/h8-10,14H,7H2,1-6H3/b10-8+,11-9+. The van der Waals surface area contributed by atoms with Gasteiger partial charge in [0.2, 0.25) is 0 Å². The molecule has 0 radical (unpaired) electrons. The summed E-state index contributed by atoms with van der Waals surface area (Å²) in [5, 5.41) is 9.44. The van der Waals surface area contributed by atoms with Gasteiger partial charge in [0.25, 0.3) is 0 Å². The van der Waals surface area contributed by atoms with Crippen LogP contribution in [0.3, 0.4) is 0 Å². The summed E-state index contributed by atoms with van der Waals surface area (Å²) in [6.07, 6.45) is 6.95. The monoisotopic (exact) mass is 196 g/mol. The fourth-order valence-electron chi connectivity index (χ4n) is 0.907. The molecular formula is C13H24O. The summed E-state index contributed by atoms with van der Waals surface area (Å²) >= 11 is 0. The number of allylic oxidation sites excluding steroid dienone is 3. The molecule has 82 valence electrons. The maximum Gasteiger partial charge on any atom is 0.0771 e. The fourth-order valence-corrected chi connectivity index (χ4v) is 0.907. The van der Waals surface area contributed by atoms with Gasteiger partial charge >= 0.3 is 0 Å². The van der Waals surface area contributed by atoms with Crippen LogP contribution in [-0.4, -0.2) is 10.7 Å². The van der Waals surface area contributed by atoms with E-state index in [4.69, 9.17) is 0 Å². The van der Waals surface area contributed by atoms with E-state index in [9.17, 15) is 5.11 Å². The molecule has 0 aromatic heterocycles. The van der Waals surface area contributed by atoms with Crippen LogP contribution in [0.2, 0.25) is 0 Å². The minimum absolute atomic E-state index is 0.253. The SMILES string of the molecule is C/C(=C\C/C=C/C(C)(C)O)C(C)(C)C. The molecule has 0 fully saturated rings. The van der Waals surface area contributed by atoms with Gasteiger partial charge in [-0.2, -0.15) is 0 Å². The van der Waals surface area contributed by atoms with Crippen molar-refractivity contribution in [1.82, 2.24) is 0 Å². The summed E-state index contributed by atoms with van der Waals surface area (Å²) in [6.45, 7) is 12.3. The normalized spacial score (nSPS) is 15.2. The third-order valence-electron chi connectivity index (χ3n) is 2.27. The van der Waals surface area contributed by atoms with E-state index in [1.165, 1.54) is 5.57 Å². The van der Waals surface area contributed by atoms with Gasteiger partial charge in [0.05, 0.1) is 5.60 Å². The van der Waals surface area contributed by atoms with Gasteiger partial charge < -0.3 is 5.11 Å². The van der Waals surface area contributed by atoms with Gasteiger partial charge in [-0.05, 0) is 32.6 Å². The van der Waals surface area contributed by atoms with Crippen molar-refractivity contribution in [3.63, 3.8) is 0 Å². The molecule has 0 aliphatic heterocycles. The van der Waals surface area contributed by atoms with Crippen LogP contribution in [0.1, 0.15) is 48.0 Å². The van der Waals surface area contributed by atoms with Crippen LogP contribution in [-0.2, 0) is 0 Å². The predicted octanol–water partition coefficient (Wildman–Crippen LogP) is 3.70. The molecule has 0 amide bonds. The zero-order chi connectivity index (χ0) is 11.4. The van der Waals surface area contributed by atoms with E-state index in [0.717, 1.165) is 6.42 Å². The third kappa shape index (κ3) is 6.90. The van der Waals surface area contributed by atoms with Crippen molar-refractivity contribution >= 4 is 0 Å². The van der Waals surface area contributed by atoms with Gasteiger partial charge in [0.15, 0.2) is 0 Å². The molecule has 0 saturated heterocycles. The molecule has 1 heteroatoms. The first-order valence-corrected chi connectivity index (χ1v) is 5.20. The van der Waals surface area contributed by atoms with E-state index in [2.05, 4.69) is 33.8 Å². The van der Waals surface area contributed by atoms with Crippen molar-refractivity contribution < 1.29 is 5.11 Å². The number of rotatable bonds is 3. The Hall–Kier alpha value is -0.560. The zero-order valence-electron chi connectivity index (χ0n) is 10.4. The van der Waals surface area contributed by atoms with Crippen LogP contribution >= 0.6 is 0 Å². The Morgan fingerprint density at radius 1 is 1.14 bits per heavy atom. The molecule has 14 heavy (non-hydrogen) atoms. The second-order valence-electron chi connectivity index (χ2n) is 5.43. The lowest BCUT2D eigenvalue weighted by molar-refractivity contribution is 0.133. The van der Waals surface area contributed by atoms with E-state index < -0.39 is 5.60 Å². The lowest BCUT2D eigenvalue weighted by Gasteiger charge is -2.19. The molecule has 0 unspecified atom stereocenters. The van der Waals surface area contributed by atoms with E-state index in [-0.39, 0.29) is 5.41 Å².